The summed E-state index contributed by atoms with van der Waals surface area (Å²) < 4.78 is 22.7. The summed E-state index contributed by atoms with van der Waals surface area (Å²) in [5.41, 5.74) is 0. The number of quaternary nitrogens is 1. The minimum atomic E-state index is -4.57. The lowest BCUT2D eigenvalue weighted by Crippen LogP contribution is -2.45. The standard InChI is InChI=1S/C37H65N2O6P/c1-6-8-10-11-12-13-14-15-16-17-18-19-20-21-22-23-24-25-26-27-29-31-37(41)38-35(36(40)30-28-9-7-2)34-45-46(42,43)44-33-32-39(3,4)5/h8,10,12-13,15-16,18-19,21-22,28,30,35-36,40H,6-7,9,11,14,17,20,23-27,29,31-34H2,1-5H3,(H-,38,41,42,43)/b10-8-,13-12-,16-15-,19-18-,22-21-,30-28+. The number of unbranched alkanes of at least 4 members (excludes halogenated alkanes) is 6. The van der Waals surface area contributed by atoms with Crippen LogP contribution >= 0.6 is 7.82 Å². The molecule has 8 nitrogen and oxygen atoms in total. The molecule has 0 aliphatic carbocycles. The van der Waals surface area contributed by atoms with Gasteiger partial charge in [-0.2, -0.15) is 0 Å². The van der Waals surface area contributed by atoms with Gasteiger partial charge >= 0.3 is 0 Å². The van der Waals surface area contributed by atoms with E-state index in [2.05, 4.69) is 73.0 Å². The number of carbonyl (C=O) groups is 1. The highest BCUT2D eigenvalue weighted by atomic mass is 31.2. The van der Waals surface area contributed by atoms with Crippen LogP contribution in [0.2, 0.25) is 0 Å². The summed E-state index contributed by atoms with van der Waals surface area (Å²) in [6.07, 6.45) is 37.4. The molecule has 0 aliphatic rings. The summed E-state index contributed by atoms with van der Waals surface area (Å²) in [5.74, 6) is -0.234. The lowest BCUT2D eigenvalue weighted by Gasteiger charge is -2.29. The first kappa shape index (κ1) is 43.9. The molecule has 0 bridgehead atoms. The van der Waals surface area contributed by atoms with E-state index in [4.69, 9.17) is 9.05 Å². The number of phosphoric ester groups is 1. The number of aliphatic hydroxyl groups excluding tert-OH is 1. The summed E-state index contributed by atoms with van der Waals surface area (Å²) in [5, 5.41) is 13.3. The van der Waals surface area contributed by atoms with Crippen molar-refractivity contribution in [3.8, 4) is 0 Å². The number of aliphatic hydroxyl groups is 1. The van der Waals surface area contributed by atoms with Gasteiger partial charge in [-0.1, -0.05) is 112 Å². The van der Waals surface area contributed by atoms with E-state index in [0.29, 0.717) is 17.4 Å². The lowest BCUT2D eigenvalue weighted by molar-refractivity contribution is -0.870. The Bertz CT molecular complexity index is 981. The Kier molecular flexibility index (Phi) is 27.8. The number of likely N-dealkylation sites (N-methyl/N-ethyl adjacent to an activating group) is 1. The molecule has 46 heavy (non-hydrogen) atoms. The number of nitrogens with zero attached hydrogens (tertiary/aromatic N) is 1. The Morgan fingerprint density at radius 2 is 1.33 bits per heavy atom. The molecule has 0 radical (unpaired) electrons. The number of phosphoric acid groups is 1. The molecule has 2 N–H and O–H groups in total. The minimum absolute atomic E-state index is 0.0113. The van der Waals surface area contributed by atoms with E-state index in [1.54, 1.807) is 6.08 Å². The van der Waals surface area contributed by atoms with Gasteiger partial charge < -0.3 is 28.8 Å². The first-order chi connectivity index (χ1) is 22.0. The highest BCUT2D eigenvalue weighted by molar-refractivity contribution is 7.45. The van der Waals surface area contributed by atoms with Crippen molar-refractivity contribution in [3.05, 3.63) is 72.9 Å². The van der Waals surface area contributed by atoms with Crippen LogP contribution in [-0.4, -0.2) is 68.5 Å². The van der Waals surface area contributed by atoms with Crippen molar-refractivity contribution in [1.29, 1.82) is 0 Å². The highest BCUT2D eigenvalue weighted by Crippen LogP contribution is 2.38. The van der Waals surface area contributed by atoms with Gasteiger partial charge in [0.25, 0.3) is 7.82 Å². The Morgan fingerprint density at radius 3 is 1.89 bits per heavy atom. The third kappa shape index (κ3) is 30.6. The van der Waals surface area contributed by atoms with Crippen molar-refractivity contribution in [1.82, 2.24) is 5.32 Å². The second-order valence-electron chi connectivity index (χ2n) is 12.5. The van der Waals surface area contributed by atoms with Crippen molar-refractivity contribution >= 4 is 13.7 Å². The Morgan fingerprint density at radius 1 is 0.783 bits per heavy atom. The minimum Gasteiger partial charge on any atom is -0.756 e. The molecule has 0 aromatic carbocycles. The normalized spacial score (nSPS) is 15.7. The van der Waals surface area contributed by atoms with Crippen LogP contribution in [0.25, 0.3) is 0 Å². The number of nitrogens with one attached hydrogen (secondary N) is 1. The topological polar surface area (TPSA) is 108 Å². The largest absolute Gasteiger partial charge is 0.756 e. The zero-order valence-corrected chi connectivity index (χ0v) is 30.4. The van der Waals surface area contributed by atoms with Crippen LogP contribution in [0.4, 0.5) is 0 Å². The predicted molar refractivity (Wildman–Crippen MR) is 191 cm³/mol. The third-order valence-corrected chi connectivity index (χ3v) is 7.87. The van der Waals surface area contributed by atoms with Gasteiger partial charge in [-0.15, -0.1) is 0 Å². The molecule has 0 spiro atoms. The fourth-order valence-corrected chi connectivity index (χ4v) is 4.85. The Balaban J connectivity index is 4.21. The average molecular weight is 665 g/mol. The molecular formula is C37H65N2O6P. The van der Waals surface area contributed by atoms with Gasteiger partial charge in [0, 0.05) is 6.42 Å². The van der Waals surface area contributed by atoms with Gasteiger partial charge in [-0.05, 0) is 57.8 Å². The fraction of sp³-hybridized carbons (Fsp3) is 0.649. The van der Waals surface area contributed by atoms with Crippen LogP contribution in [0.15, 0.2) is 72.9 Å². The molecule has 0 heterocycles. The number of hydrogen-bond acceptors (Lipinski definition) is 6. The molecule has 0 rings (SSSR count). The van der Waals surface area contributed by atoms with Crippen molar-refractivity contribution in [2.45, 2.75) is 116 Å². The van der Waals surface area contributed by atoms with Crippen LogP contribution in [0.5, 0.6) is 0 Å². The molecule has 0 saturated carbocycles. The number of hydrogen-bond donors (Lipinski definition) is 2. The summed E-state index contributed by atoms with van der Waals surface area (Å²) in [7, 11) is 1.22. The fourth-order valence-electron chi connectivity index (χ4n) is 4.12. The Labute approximate surface area is 281 Å². The van der Waals surface area contributed by atoms with E-state index < -0.39 is 26.6 Å². The smallest absolute Gasteiger partial charge is 0.268 e. The molecule has 264 valence electrons. The summed E-state index contributed by atoms with van der Waals surface area (Å²) >= 11 is 0. The summed E-state index contributed by atoms with van der Waals surface area (Å²) in [4.78, 5) is 24.8. The summed E-state index contributed by atoms with van der Waals surface area (Å²) in [6.45, 7) is 4.24. The second kappa shape index (κ2) is 29.1. The van der Waals surface area contributed by atoms with Crippen molar-refractivity contribution in [2.75, 3.05) is 40.9 Å². The van der Waals surface area contributed by atoms with Crippen molar-refractivity contribution in [3.63, 3.8) is 0 Å². The van der Waals surface area contributed by atoms with E-state index in [9.17, 15) is 19.4 Å². The van der Waals surface area contributed by atoms with Crippen LogP contribution in [0.1, 0.15) is 104 Å². The predicted octanol–water partition coefficient (Wildman–Crippen LogP) is 7.88. The first-order valence-corrected chi connectivity index (χ1v) is 18.8. The van der Waals surface area contributed by atoms with Gasteiger partial charge in [-0.25, -0.2) is 0 Å². The third-order valence-electron chi connectivity index (χ3n) is 6.90. The molecule has 9 heteroatoms. The van der Waals surface area contributed by atoms with Gasteiger partial charge in [-0.3, -0.25) is 9.36 Å². The van der Waals surface area contributed by atoms with Gasteiger partial charge in [0.1, 0.15) is 13.2 Å². The van der Waals surface area contributed by atoms with Crippen LogP contribution < -0.4 is 10.2 Å². The number of rotatable bonds is 29. The maximum atomic E-state index is 12.6. The van der Waals surface area contributed by atoms with Crippen molar-refractivity contribution < 1.29 is 32.9 Å². The van der Waals surface area contributed by atoms with Gasteiger partial charge in [0.05, 0.1) is 39.9 Å². The van der Waals surface area contributed by atoms with E-state index in [1.807, 2.05) is 34.1 Å². The molecule has 0 aromatic rings. The zero-order chi connectivity index (χ0) is 34.4. The van der Waals surface area contributed by atoms with E-state index in [1.165, 1.54) is 0 Å². The second-order valence-corrected chi connectivity index (χ2v) is 13.9. The first-order valence-electron chi connectivity index (χ1n) is 17.3. The molecule has 1 amide bonds. The lowest BCUT2D eigenvalue weighted by atomic mass is 10.1. The van der Waals surface area contributed by atoms with Crippen LogP contribution in [0.3, 0.4) is 0 Å². The summed E-state index contributed by atoms with van der Waals surface area (Å²) in [6, 6.07) is -0.895. The maximum absolute atomic E-state index is 12.6. The molecule has 0 saturated heterocycles. The monoisotopic (exact) mass is 664 g/mol. The number of carbonyl (C=O) groups excluding carboxylic acids is 1. The van der Waals surface area contributed by atoms with E-state index in [0.717, 1.165) is 83.5 Å². The van der Waals surface area contributed by atoms with E-state index in [-0.39, 0.29) is 12.5 Å². The van der Waals surface area contributed by atoms with Crippen molar-refractivity contribution in [2.24, 2.45) is 0 Å². The quantitative estimate of drug-likeness (QED) is 0.0365. The molecule has 3 atom stereocenters. The molecular weight excluding hydrogens is 599 g/mol. The molecule has 0 fully saturated rings. The SMILES string of the molecule is CC/C=C\C/C=C\C/C=C\C/C=C\C/C=C\CCCCCCCC(=O)NC(COP(=O)([O-])OCC[N+](C)(C)C)C(O)/C=C/CCC. The van der Waals surface area contributed by atoms with Crippen LogP contribution in [-0.2, 0) is 18.4 Å². The van der Waals surface area contributed by atoms with Gasteiger partial charge in [0.2, 0.25) is 5.91 Å². The molecule has 0 aromatic heterocycles. The Hall–Kier alpha value is -2.06. The maximum Gasteiger partial charge on any atom is 0.268 e. The zero-order valence-electron chi connectivity index (χ0n) is 29.5. The average Bonchev–Trinajstić information content (AvgIpc) is 2.99. The van der Waals surface area contributed by atoms with E-state index >= 15 is 0 Å². The van der Waals surface area contributed by atoms with Gasteiger partial charge in [0.15, 0.2) is 0 Å². The van der Waals surface area contributed by atoms with Crippen LogP contribution in [0, 0.1) is 0 Å². The highest BCUT2D eigenvalue weighted by Gasteiger charge is 2.23. The molecule has 3 unspecified atom stereocenters. The number of allylic oxidation sites excluding steroid dienone is 11. The molecule has 0 aliphatic heterocycles. The number of amides is 1.